The van der Waals surface area contributed by atoms with Crippen molar-refractivity contribution >= 4 is 11.3 Å². The van der Waals surface area contributed by atoms with E-state index >= 15 is 0 Å². The molecule has 1 aromatic heterocycles. The summed E-state index contributed by atoms with van der Waals surface area (Å²) < 4.78 is 0. The Balaban J connectivity index is 2.00. The largest absolute Gasteiger partial charge is 0.312 e. The maximum Gasteiger partial charge on any atom is 0.305 e. The molecule has 1 heterocycles. The fourth-order valence-corrected chi connectivity index (χ4v) is 2.84. The topological polar surface area (TPSA) is 32.9 Å². The molecule has 0 saturated heterocycles. The van der Waals surface area contributed by atoms with Crippen LogP contribution in [-0.4, -0.2) is 4.98 Å². The maximum absolute atomic E-state index is 11.3. The highest BCUT2D eigenvalue weighted by atomic mass is 32.1. The van der Waals surface area contributed by atoms with Gasteiger partial charge in [-0.05, 0) is 23.6 Å². The molecule has 0 aliphatic rings. The maximum atomic E-state index is 11.3. The quantitative estimate of drug-likeness (QED) is 0.745. The zero-order valence-corrected chi connectivity index (χ0v) is 11.3. The molecule has 0 saturated carbocycles. The highest BCUT2D eigenvalue weighted by molar-refractivity contribution is 7.09. The number of hydrogen-bond acceptors (Lipinski definition) is 2. The molecule has 0 bridgehead atoms. The number of rotatable bonds is 2. The third-order valence-electron chi connectivity index (χ3n) is 3.11. The van der Waals surface area contributed by atoms with E-state index in [1.807, 2.05) is 37.3 Å². The third kappa shape index (κ3) is 2.37. The smallest absolute Gasteiger partial charge is 0.305 e. The normalized spacial score (nSPS) is 10.6. The predicted molar refractivity (Wildman–Crippen MR) is 80.5 cm³/mol. The van der Waals surface area contributed by atoms with E-state index in [1.165, 1.54) is 22.5 Å². The minimum Gasteiger partial charge on any atom is -0.312 e. The highest BCUT2D eigenvalue weighted by Crippen LogP contribution is 2.26. The number of aromatic nitrogens is 1. The van der Waals surface area contributed by atoms with Gasteiger partial charge in [0.05, 0.1) is 5.69 Å². The van der Waals surface area contributed by atoms with Crippen LogP contribution >= 0.6 is 11.3 Å². The average molecular weight is 267 g/mol. The number of thiazole rings is 1. The highest BCUT2D eigenvalue weighted by Gasteiger charge is 2.06. The Morgan fingerprint density at radius 3 is 2.00 bits per heavy atom. The molecule has 0 radical (unpaired) electrons. The lowest BCUT2D eigenvalue weighted by molar-refractivity contribution is 1.32. The van der Waals surface area contributed by atoms with Crippen LogP contribution in [0.25, 0.3) is 22.4 Å². The van der Waals surface area contributed by atoms with E-state index in [9.17, 15) is 4.79 Å². The van der Waals surface area contributed by atoms with Gasteiger partial charge in [-0.15, -0.1) is 0 Å². The van der Waals surface area contributed by atoms with Crippen molar-refractivity contribution in [2.24, 2.45) is 0 Å². The lowest BCUT2D eigenvalue weighted by Crippen LogP contribution is -1.92. The lowest BCUT2D eigenvalue weighted by atomic mass is 10.0. The van der Waals surface area contributed by atoms with Crippen LogP contribution in [0.1, 0.15) is 4.88 Å². The van der Waals surface area contributed by atoms with Crippen molar-refractivity contribution in [1.82, 2.24) is 4.98 Å². The van der Waals surface area contributed by atoms with Crippen molar-refractivity contribution in [1.29, 1.82) is 0 Å². The number of H-pyrrole nitrogens is 1. The summed E-state index contributed by atoms with van der Waals surface area (Å²) in [7, 11) is 0. The molecule has 3 heteroatoms. The molecule has 1 N–H and O–H groups in total. The molecule has 0 spiro atoms. The van der Waals surface area contributed by atoms with Gasteiger partial charge < -0.3 is 4.98 Å². The lowest BCUT2D eigenvalue weighted by Gasteiger charge is -2.04. The van der Waals surface area contributed by atoms with Gasteiger partial charge in [-0.2, -0.15) is 0 Å². The number of aryl methyl sites for hydroxylation is 1. The van der Waals surface area contributed by atoms with Crippen LogP contribution in [0.15, 0.2) is 59.4 Å². The third-order valence-corrected chi connectivity index (χ3v) is 3.90. The zero-order chi connectivity index (χ0) is 13.2. The van der Waals surface area contributed by atoms with Crippen molar-refractivity contribution in [3.8, 4) is 22.4 Å². The SMILES string of the molecule is Cc1sc(=O)[nH]c1-c1ccc(-c2ccccc2)cc1. The Hall–Kier alpha value is -2.13. The van der Waals surface area contributed by atoms with E-state index < -0.39 is 0 Å². The molecule has 0 aliphatic carbocycles. The van der Waals surface area contributed by atoms with Crippen LogP contribution < -0.4 is 4.87 Å². The summed E-state index contributed by atoms with van der Waals surface area (Å²) in [5.74, 6) is 0. The molecule has 3 rings (SSSR count). The molecular weight excluding hydrogens is 254 g/mol. The second kappa shape index (κ2) is 4.86. The number of hydrogen-bond donors (Lipinski definition) is 1. The first-order chi connectivity index (χ1) is 9.24. The summed E-state index contributed by atoms with van der Waals surface area (Å²) in [5.41, 5.74) is 4.36. The average Bonchev–Trinajstić information content (AvgIpc) is 2.79. The molecule has 0 atom stereocenters. The Morgan fingerprint density at radius 2 is 1.42 bits per heavy atom. The fraction of sp³-hybridized carbons (Fsp3) is 0.0625. The minimum absolute atomic E-state index is 0.000337. The number of aromatic amines is 1. The summed E-state index contributed by atoms with van der Waals surface area (Å²) in [5, 5.41) is 0. The minimum atomic E-state index is -0.000337. The second-order valence-corrected chi connectivity index (χ2v) is 5.58. The van der Waals surface area contributed by atoms with Crippen LogP contribution in [-0.2, 0) is 0 Å². The van der Waals surface area contributed by atoms with Gasteiger partial charge in [0.2, 0.25) is 0 Å². The van der Waals surface area contributed by atoms with Gasteiger partial charge in [0.1, 0.15) is 0 Å². The Bertz CT molecular complexity index is 738. The summed E-state index contributed by atoms with van der Waals surface area (Å²) >= 11 is 1.25. The van der Waals surface area contributed by atoms with Crippen LogP contribution in [0.5, 0.6) is 0 Å². The van der Waals surface area contributed by atoms with Gasteiger partial charge in [-0.3, -0.25) is 4.79 Å². The summed E-state index contributed by atoms with van der Waals surface area (Å²) in [6.45, 7) is 1.96. The first kappa shape index (κ1) is 11.9. The van der Waals surface area contributed by atoms with Crippen LogP contribution in [0, 0.1) is 6.92 Å². The molecule has 19 heavy (non-hydrogen) atoms. The monoisotopic (exact) mass is 267 g/mol. The molecular formula is C16H13NOS. The molecule has 0 fully saturated rings. The fourth-order valence-electron chi connectivity index (χ4n) is 2.14. The first-order valence-electron chi connectivity index (χ1n) is 6.09. The Labute approximate surface area is 115 Å². The summed E-state index contributed by atoms with van der Waals surface area (Å²) in [6, 6.07) is 18.5. The van der Waals surface area contributed by atoms with Crippen molar-refractivity contribution in [3.63, 3.8) is 0 Å². The van der Waals surface area contributed by atoms with E-state index in [1.54, 1.807) is 0 Å². The van der Waals surface area contributed by atoms with Gasteiger partial charge >= 0.3 is 4.87 Å². The van der Waals surface area contributed by atoms with Gasteiger partial charge in [0, 0.05) is 4.88 Å². The predicted octanol–water partition coefficient (Wildman–Crippen LogP) is 4.08. The van der Waals surface area contributed by atoms with Gasteiger partial charge in [0.15, 0.2) is 0 Å². The van der Waals surface area contributed by atoms with E-state index in [0.29, 0.717) is 0 Å². The summed E-state index contributed by atoms with van der Waals surface area (Å²) in [6.07, 6.45) is 0. The van der Waals surface area contributed by atoms with Crippen molar-refractivity contribution in [2.75, 3.05) is 0 Å². The van der Waals surface area contributed by atoms with Gasteiger partial charge in [0.25, 0.3) is 0 Å². The molecule has 2 aromatic carbocycles. The molecule has 0 unspecified atom stereocenters. The van der Waals surface area contributed by atoms with E-state index in [2.05, 4.69) is 29.2 Å². The molecule has 0 aliphatic heterocycles. The second-order valence-electron chi connectivity index (χ2n) is 4.39. The molecule has 2 nitrogen and oxygen atoms in total. The Kier molecular flexibility index (Phi) is 3.05. The zero-order valence-electron chi connectivity index (χ0n) is 10.5. The Morgan fingerprint density at radius 1 is 0.842 bits per heavy atom. The number of benzene rings is 2. The van der Waals surface area contributed by atoms with Gasteiger partial charge in [-0.1, -0.05) is 65.9 Å². The van der Waals surface area contributed by atoms with Crippen LogP contribution in [0.4, 0.5) is 0 Å². The van der Waals surface area contributed by atoms with E-state index in [-0.39, 0.29) is 4.87 Å². The molecule has 3 aromatic rings. The van der Waals surface area contributed by atoms with Crippen molar-refractivity contribution in [3.05, 3.63) is 69.1 Å². The number of nitrogens with one attached hydrogen (secondary N) is 1. The molecule has 0 amide bonds. The van der Waals surface area contributed by atoms with E-state index in [0.717, 1.165) is 16.1 Å². The summed E-state index contributed by atoms with van der Waals surface area (Å²) in [4.78, 5) is 15.2. The standard InChI is InChI=1S/C16H13NOS/c1-11-15(17-16(18)19-11)14-9-7-13(8-10-14)12-5-3-2-4-6-12/h2-10H,1H3,(H,17,18). The first-order valence-corrected chi connectivity index (χ1v) is 6.91. The molecule has 94 valence electrons. The van der Waals surface area contributed by atoms with Crippen molar-refractivity contribution < 1.29 is 0 Å². The van der Waals surface area contributed by atoms with Crippen LogP contribution in [0.3, 0.4) is 0 Å². The van der Waals surface area contributed by atoms with Gasteiger partial charge in [-0.25, -0.2) is 0 Å². The van der Waals surface area contributed by atoms with Crippen molar-refractivity contribution in [2.45, 2.75) is 6.92 Å². The van der Waals surface area contributed by atoms with Crippen LogP contribution in [0.2, 0.25) is 0 Å². The van der Waals surface area contributed by atoms with E-state index in [4.69, 9.17) is 0 Å².